The van der Waals surface area contributed by atoms with Crippen molar-refractivity contribution in [3.05, 3.63) is 119 Å². The second-order valence-corrected chi connectivity index (χ2v) is 12.6. The molecule has 0 bridgehead atoms. The van der Waals surface area contributed by atoms with Crippen LogP contribution in [0.1, 0.15) is 76.5 Å². The standard InChI is InChI=1S/C18H15ClF2N4O.C18H16F2N4O/c19-9-16(26)13-10-22-25-7-5-17(23-18(13)25)24-6-1-2-15(24)12-8-11(20)3-4-14(12)21;1-11(25)14-10-21-24-8-6-17(22-18(14)24)23-7-2-3-16(23)13-9-12(19)4-5-15(13)20/h3-5,7-8,10,15H,1-2,6,9H2;4-6,8-10,16H,2-3,7H2,1H3. The van der Waals surface area contributed by atoms with Crippen molar-refractivity contribution in [2.75, 3.05) is 28.8 Å². The van der Waals surface area contributed by atoms with Crippen molar-refractivity contribution in [3.63, 3.8) is 0 Å². The Hall–Kier alpha value is -5.37. The first-order chi connectivity index (χ1) is 24.6. The van der Waals surface area contributed by atoms with Crippen LogP contribution < -0.4 is 9.80 Å². The van der Waals surface area contributed by atoms with Crippen molar-refractivity contribution in [3.8, 4) is 0 Å². The van der Waals surface area contributed by atoms with Crippen LogP contribution in [0.3, 0.4) is 0 Å². The first-order valence-corrected chi connectivity index (χ1v) is 16.9. The number of fused-ring (bicyclic) bond motifs is 2. The molecule has 0 aliphatic carbocycles. The zero-order valence-corrected chi connectivity index (χ0v) is 28.1. The monoisotopic (exact) mass is 718 g/mol. The summed E-state index contributed by atoms with van der Waals surface area (Å²) in [6.45, 7) is 2.82. The van der Waals surface area contributed by atoms with Crippen molar-refractivity contribution in [2.24, 2.45) is 0 Å². The molecule has 6 aromatic rings. The molecule has 0 spiro atoms. The van der Waals surface area contributed by atoms with Gasteiger partial charge in [-0.1, -0.05) is 0 Å². The Kier molecular flexibility index (Phi) is 9.42. The fourth-order valence-electron chi connectivity index (χ4n) is 6.82. The molecule has 0 radical (unpaired) electrons. The average molecular weight is 719 g/mol. The third-order valence-corrected chi connectivity index (χ3v) is 9.48. The number of hydrogen-bond donors (Lipinski definition) is 0. The summed E-state index contributed by atoms with van der Waals surface area (Å²) < 4.78 is 58.7. The lowest BCUT2D eigenvalue weighted by Gasteiger charge is -2.26. The van der Waals surface area contributed by atoms with Gasteiger partial charge in [0, 0.05) is 36.6 Å². The highest BCUT2D eigenvalue weighted by Crippen LogP contribution is 2.38. The number of halogens is 5. The number of Topliss-reactive ketones (excluding diaryl/α,β-unsaturated/α-hetero) is 2. The molecule has 2 fully saturated rings. The molecule has 10 nitrogen and oxygen atoms in total. The summed E-state index contributed by atoms with van der Waals surface area (Å²) >= 11 is 5.64. The van der Waals surface area contributed by atoms with Crippen molar-refractivity contribution in [1.82, 2.24) is 29.2 Å². The molecular formula is C36H31ClF4N8O2. The van der Waals surface area contributed by atoms with Crippen molar-refractivity contribution in [2.45, 2.75) is 44.7 Å². The summed E-state index contributed by atoms with van der Waals surface area (Å²) in [5.74, 6) is -1.11. The minimum absolute atomic E-state index is 0.117. The molecule has 15 heteroatoms. The molecule has 2 atom stereocenters. The largest absolute Gasteiger partial charge is 0.349 e. The quantitative estimate of drug-likeness (QED) is 0.0962. The fourth-order valence-corrected chi connectivity index (χ4v) is 6.97. The number of ketones is 2. The molecule has 2 saturated heterocycles. The van der Waals surface area contributed by atoms with E-state index in [2.05, 4.69) is 20.2 Å². The van der Waals surface area contributed by atoms with Crippen LogP contribution in [-0.4, -0.2) is 59.7 Å². The molecule has 4 aromatic heterocycles. The molecule has 0 amide bonds. The van der Waals surface area contributed by atoms with Gasteiger partial charge in [0.1, 0.15) is 34.9 Å². The molecule has 2 aliphatic heterocycles. The first kappa shape index (κ1) is 34.1. The van der Waals surface area contributed by atoms with Crippen LogP contribution in [0, 0.1) is 23.3 Å². The Morgan fingerprint density at radius 2 is 1.20 bits per heavy atom. The smallest absolute Gasteiger partial charge is 0.183 e. The van der Waals surface area contributed by atoms with Gasteiger partial charge in [-0.2, -0.15) is 10.2 Å². The Bertz CT molecular complexity index is 2280. The number of carbonyl (C=O) groups is 2. The summed E-state index contributed by atoms with van der Waals surface area (Å²) in [4.78, 5) is 36.7. The Morgan fingerprint density at radius 3 is 1.67 bits per heavy atom. The van der Waals surface area contributed by atoms with Gasteiger partial charge in [-0.15, -0.1) is 11.6 Å². The zero-order chi connectivity index (χ0) is 35.8. The van der Waals surface area contributed by atoms with Crippen LogP contribution in [0.25, 0.3) is 11.3 Å². The number of nitrogens with zero attached hydrogens (tertiary/aromatic N) is 8. The van der Waals surface area contributed by atoms with Crippen molar-refractivity contribution in [1.29, 1.82) is 0 Å². The van der Waals surface area contributed by atoms with Gasteiger partial charge in [0.2, 0.25) is 0 Å². The predicted molar refractivity (Wildman–Crippen MR) is 182 cm³/mol. The van der Waals surface area contributed by atoms with E-state index in [1.165, 1.54) is 40.5 Å². The molecular weight excluding hydrogens is 688 g/mol. The third-order valence-electron chi connectivity index (χ3n) is 9.24. The van der Waals surface area contributed by atoms with Gasteiger partial charge in [0.15, 0.2) is 22.9 Å². The number of alkyl halides is 1. The second-order valence-electron chi connectivity index (χ2n) is 12.4. The Balaban J connectivity index is 0.000000159. The number of benzene rings is 2. The lowest BCUT2D eigenvalue weighted by Crippen LogP contribution is -2.24. The summed E-state index contributed by atoms with van der Waals surface area (Å²) in [6, 6.07) is 9.95. The van der Waals surface area contributed by atoms with E-state index in [1.807, 2.05) is 9.80 Å². The molecule has 51 heavy (non-hydrogen) atoms. The van der Waals surface area contributed by atoms with E-state index in [9.17, 15) is 27.2 Å². The highest BCUT2D eigenvalue weighted by Gasteiger charge is 2.31. The molecule has 0 N–H and O–H groups in total. The molecule has 2 unspecified atom stereocenters. The van der Waals surface area contributed by atoms with Gasteiger partial charge in [0.25, 0.3) is 0 Å². The summed E-state index contributed by atoms with van der Waals surface area (Å²) in [6.07, 6.45) is 9.44. The fraction of sp³-hybridized carbons (Fsp3) is 0.278. The first-order valence-electron chi connectivity index (χ1n) is 16.3. The van der Waals surface area contributed by atoms with E-state index in [0.717, 1.165) is 37.1 Å². The molecule has 2 aromatic carbocycles. The zero-order valence-electron chi connectivity index (χ0n) is 27.3. The lowest BCUT2D eigenvalue weighted by atomic mass is 10.0. The highest BCUT2D eigenvalue weighted by molar-refractivity contribution is 6.31. The van der Waals surface area contributed by atoms with Crippen LogP contribution >= 0.6 is 11.6 Å². The average Bonchev–Trinajstić information content (AvgIpc) is 3.95. The number of anilines is 2. The maximum Gasteiger partial charge on any atom is 0.183 e. The van der Waals surface area contributed by atoms with E-state index in [0.29, 0.717) is 71.1 Å². The van der Waals surface area contributed by atoms with E-state index in [-0.39, 0.29) is 29.5 Å². The molecule has 6 heterocycles. The molecule has 8 rings (SSSR count). The minimum atomic E-state index is -0.470. The highest BCUT2D eigenvalue weighted by atomic mass is 35.5. The summed E-state index contributed by atoms with van der Waals surface area (Å²) in [7, 11) is 0. The third kappa shape index (κ3) is 6.63. The van der Waals surface area contributed by atoms with Crippen molar-refractivity contribution >= 4 is 46.1 Å². The van der Waals surface area contributed by atoms with Gasteiger partial charge in [0.05, 0.1) is 41.5 Å². The number of carbonyl (C=O) groups excluding carboxylic acids is 2. The topological polar surface area (TPSA) is 101 Å². The summed E-state index contributed by atoms with van der Waals surface area (Å²) in [5.41, 5.74) is 2.30. The second kappa shape index (κ2) is 14.1. The Labute approximate surface area is 294 Å². The summed E-state index contributed by atoms with van der Waals surface area (Å²) in [5, 5.41) is 8.22. The number of rotatable bonds is 7. The SMILES string of the molecule is CC(=O)c1cnn2ccc(N3CCCC3c3cc(F)ccc3F)nc12.O=C(CCl)c1cnn2ccc(N3CCCC3c3cc(F)ccc3F)nc12. The van der Waals surface area contributed by atoms with E-state index < -0.39 is 23.3 Å². The van der Waals surface area contributed by atoms with E-state index >= 15 is 0 Å². The number of aromatic nitrogens is 6. The van der Waals surface area contributed by atoms with Gasteiger partial charge in [-0.05, 0) is 81.1 Å². The maximum atomic E-state index is 14.2. The van der Waals surface area contributed by atoms with Crippen LogP contribution in [-0.2, 0) is 0 Å². The van der Waals surface area contributed by atoms with E-state index in [4.69, 9.17) is 11.6 Å². The van der Waals surface area contributed by atoms with Gasteiger partial charge >= 0.3 is 0 Å². The predicted octanol–water partition coefficient (Wildman–Crippen LogP) is 7.32. The van der Waals surface area contributed by atoms with Gasteiger partial charge in [-0.3, -0.25) is 9.59 Å². The Morgan fingerprint density at radius 1 is 0.725 bits per heavy atom. The van der Waals surface area contributed by atoms with Crippen molar-refractivity contribution < 1.29 is 27.2 Å². The number of hydrogen-bond acceptors (Lipinski definition) is 8. The van der Waals surface area contributed by atoms with Crippen LogP contribution in [0.2, 0.25) is 0 Å². The normalized spacial score (nSPS) is 17.3. The molecule has 262 valence electrons. The minimum Gasteiger partial charge on any atom is -0.349 e. The van der Waals surface area contributed by atoms with E-state index in [1.54, 1.807) is 24.5 Å². The maximum absolute atomic E-state index is 14.2. The van der Waals surface area contributed by atoms with Crippen LogP contribution in [0.5, 0.6) is 0 Å². The lowest BCUT2D eigenvalue weighted by molar-refractivity contribution is 0.101. The molecule has 2 aliphatic rings. The van der Waals surface area contributed by atoms with Crippen LogP contribution in [0.4, 0.5) is 29.2 Å². The van der Waals surface area contributed by atoms with Gasteiger partial charge < -0.3 is 9.80 Å². The van der Waals surface area contributed by atoms with Gasteiger partial charge in [-0.25, -0.2) is 36.6 Å². The van der Waals surface area contributed by atoms with Crippen LogP contribution in [0.15, 0.2) is 73.3 Å². The molecule has 0 saturated carbocycles.